The van der Waals surface area contributed by atoms with Gasteiger partial charge >= 0.3 is 5.97 Å². The second kappa shape index (κ2) is 10.2. The van der Waals surface area contributed by atoms with Crippen molar-refractivity contribution < 1.29 is 14.3 Å². The Kier molecular flexibility index (Phi) is 7.11. The fraction of sp³-hybridized carbons (Fsp3) is 0.545. The summed E-state index contributed by atoms with van der Waals surface area (Å²) in [6, 6.07) is 12.2. The van der Waals surface area contributed by atoms with Gasteiger partial charge in [0.15, 0.2) is 0 Å². The number of carbonyl (C=O) groups excluding carboxylic acids is 2. The molecule has 0 aromatic heterocycles. The number of primary amides is 1. The van der Waals surface area contributed by atoms with Crippen molar-refractivity contribution in [3.8, 4) is 6.07 Å². The van der Waals surface area contributed by atoms with Crippen molar-refractivity contribution in [2.45, 2.75) is 78.2 Å². The number of fused-ring (bicyclic) bond motifs is 5. The lowest BCUT2D eigenvalue weighted by Crippen LogP contribution is -2.50. The Labute approximate surface area is 226 Å². The highest BCUT2D eigenvalue weighted by atomic mass is 16.5. The number of hydrogen-bond acceptors (Lipinski definition) is 4. The second-order valence-corrected chi connectivity index (χ2v) is 12.5. The molecule has 4 aliphatic carbocycles. The summed E-state index contributed by atoms with van der Waals surface area (Å²) in [7, 11) is 0. The SMILES string of the molecule is CC(=O)O[C@H]1CC[C@@]2(C)C(=CC[C@@H]3[C@@H]2CC[C@]2(C)C(C(/C=C/c4ccccc4)=C(\C#N)C(N)=O)CC[C@@H]32)C1. The summed E-state index contributed by atoms with van der Waals surface area (Å²) < 4.78 is 5.60. The fourth-order valence-corrected chi connectivity index (χ4v) is 8.86. The van der Waals surface area contributed by atoms with E-state index in [1.54, 1.807) is 0 Å². The highest BCUT2D eigenvalue weighted by Gasteiger charge is 2.59. The van der Waals surface area contributed by atoms with Crippen LogP contribution in [0.25, 0.3) is 6.08 Å². The number of ether oxygens (including phenoxy) is 1. The number of benzene rings is 1. The van der Waals surface area contributed by atoms with Crippen LogP contribution in [-0.2, 0) is 14.3 Å². The third-order valence-corrected chi connectivity index (χ3v) is 10.7. The average molecular weight is 513 g/mol. The van der Waals surface area contributed by atoms with Gasteiger partial charge in [0, 0.05) is 13.3 Å². The number of esters is 1. The first-order valence-corrected chi connectivity index (χ1v) is 14.2. The van der Waals surface area contributed by atoms with Gasteiger partial charge in [0.1, 0.15) is 17.7 Å². The predicted octanol–water partition coefficient (Wildman–Crippen LogP) is 6.52. The summed E-state index contributed by atoms with van der Waals surface area (Å²) in [6.45, 7) is 6.35. The molecule has 0 spiro atoms. The van der Waals surface area contributed by atoms with Gasteiger partial charge in [0.2, 0.25) is 0 Å². The highest BCUT2D eigenvalue weighted by molar-refractivity contribution is 5.97. The number of nitrogens with zero attached hydrogens (tertiary/aromatic N) is 1. The van der Waals surface area contributed by atoms with Crippen molar-refractivity contribution in [1.29, 1.82) is 5.26 Å². The summed E-state index contributed by atoms with van der Waals surface area (Å²) >= 11 is 0. The lowest BCUT2D eigenvalue weighted by atomic mass is 9.47. The van der Waals surface area contributed by atoms with Gasteiger partial charge in [-0.15, -0.1) is 0 Å². The maximum Gasteiger partial charge on any atom is 0.302 e. The first-order chi connectivity index (χ1) is 18.2. The number of amides is 1. The van der Waals surface area contributed by atoms with E-state index in [9.17, 15) is 14.9 Å². The number of nitrogens with two attached hydrogens (primary N) is 1. The zero-order valence-electron chi connectivity index (χ0n) is 22.9. The third-order valence-electron chi connectivity index (χ3n) is 10.7. The Hall–Kier alpha value is -3.13. The molecule has 0 bridgehead atoms. The zero-order valence-corrected chi connectivity index (χ0v) is 22.9. The zero-order chi connectivity index (χ0) is 27.1. The number of nitriles is 1. The molecule has 1 amide bonds. The van der Waals surface area contributed by atoms with E-state index in [1.165, 1.54) is 12.5 Å². The van der Waals surface area contributed by atoms with Crippen LogP contribution in [0.15, 0.2) is 59.2 Å². The van der Waals surface area contributed by atoms with Gasteiger partial charge in [-0.25, -0.2) is 0 Å². The topological polar surface area (TPSA) is 93.2 Å². The van der Waals surface area contributed by atoms with E-state index in [4.69, 9.17) is 10.5 Å². The van der Waals surface area contributed by atoms with Gasteiger partial charge in [-0.1, -0.05) is 68.0 Å². The lowest BCUT2D eigenvalue weighted by Gasteiger charge is -2.58. The smallest absolute Gasteiger partial charge is 0.302 e. The molecular formula is C33H40N2O3. The fourth-order valence-electron chi connectivity index (χ4n) is 8.86. The van der Waals surface area contributed by atoms with Crippen LogP contribution in [-0.4, -0.2) is 18.0 Å². The average Bonchev–Trinajstić information content (AvgIpc) is 3.23. The monoisotopic (exact) mass is 512 g/mol. The first-order valence-electron chi connectivity index (χ1n) is 14.2. The predicted molar refractivity (Wildman–Crippen MR) is 148 cm³/mol. The molecule has 5 nitrogen and oxygen atoms in total. The van der Waals surface area contributed by atoms with Gasteiger partial charge in [0.25, 0.3) is 5.91 Å². The molecule has 5 rings (SSSR count). The van der Waals surface area contributed by atoms with Crippen molar-refractivity contribution >= 4 is 18.0 Å². The summed E-state index contributed by atoms with van der Waals surface area (Å²) in [5.41, 5.74) is 9.37. The number of carbonyl (C=O) groups is 2. The van der Waals surface area contributed by atoms with E-state index in [-0.39, 0.29) is 34.4 Å². The summed E-state index contributed by atoms with van der Waals surface area (Å²) in [4.78, 5) is 24.0. The minimum Gasteiger partial charge on any atom is -0.462 e. The van der Waals surface area contributed by atoms with Crippen LogP contribution in [0, 0.1) is 45.8 Å². The van der Waals surface area contributed by atoms with E-state index >= 15 is 0 Å². The quantitative estimate of drug-likeness (QED) is 0.160. The lowest BCUT2D eigenvalue weighted by molar-refractivity contribution is -0.148. The molecule has 0 aliphatic heterocycles. The first kappa shape index (κ1) is 26.5. The minimum atomic E-state index is -0.636. The maximum absolute atomic E-state index is 12.4. The van der Waals surface area contributed by atoms with Crippen molar-refractivity contribution in [2.75, 3.05) is 0 Å². The molecule has 200 valence electrons. The largest absolute Gasteiger partial charge is 0.462 e. The Morgan fingerprint density at radius 2 is 1.84 bits per heavy atom. The molecule has 7 atom stereocenters. The van der Waals surface area contributed by atoms with E-state index in [0.29, 0.717) is 17.8 Å². The van der Waals surface area contributed by atoms with Gasteiger partial charge in [-0.05, 0) is 90.6 Å². The van der Waals surface area contributed by atoms with Crippen molar-refractivity contribution in [2.24, 2.45) is 40.2 Å². The molecule has 0 radical (unpaired) electrons. The molecule has 2 N–H and O–H groups in total. The van der Waals surface area contributed by atoms with Crippen LogP contribution in [0.5, 0.6) is 0 Å². The van der Waals surface area contributed by atoms with Crippen LogP contribution in [0.3, 0.4) is 0 Å². The number of rotatable bonds is 5. The third kappa shape index (κ3) is 4.53. The molecule has 1 aromatic rings. The maximum atomic E-state index is 12.4. The Bertz CT molecular complexity index is 1240. The minimum absolute atomic E-state index is 0.00962. The van der Waals surface area contributed by atoms with Crippen LogP contribution in [0.4, 0.5) is 0 Å². The molecule has 1 aromatic carbocycles. The van der Waals surface area contributed by atoms with Crippen LogP contribution >= 0.6 is 0 Å². The van der Waals surface area contributed by atoms with Crippen LogP contribution in [0.2, 0.25) is 0 Å². The molecule has 1 unspecified atom stereocenters. The van der Waals surface area contributed by atoms with Gasteiger partial charge in [-0.3, -0.25) is 9.59 Å². The van der Waals surface area contributed by atoms with Crippen molar-refractivity contribution in [3.63, 3.8) is 0 Å². The van der Waals surface area contributed by atoms with Gasteiger partial charge in [0.05, 0.1) is 0 Å². The van der Waals surface area contributed by atoms with E-state index < -0.39 is 5.91 Å². The summed E-state index contributed by atoms with van der Waals surface area (Å²) in [5.74, 6) is 1.07. The Morgan fingerprint density at radius 3 is 2.53 bits per heavy atom. The van der Waals surface area contributed by atoms with Crippen LogP contribution in [0.1, 0.15) is 77.7 Å². The van der Waals surface area contributed by atoms with Gasteiger partial charge < -0.3 is 10.5 Å². The molecule has 3 fully saturated rings. The second-order valence-electron chi connectivity index (χ2n) is 12.5. The van der Waals surface area contributed by atoms with E-state index in [1.807, 2.05) is 42.5 Å². The number of hydrogen-bond donors (Lipinski definition) is 1. The van der Waals surface area contributed by atoms with Crippen molar-refractivity contribution in [1.82, 2.24) is 0 Å². The highest BCUT2D eigenvalue weighted by Crippen LogP contribution is 2.67. The molecule has 4 aliphatic rings. The van der Waals surface area contributed by atoms with Gasteiger partial charge in [-0.2, -0.15) is 5.26 Å². The van der Waals surface area contributed by atoms with E-state index in [2.05, 4.69) is 26.0 Å². The van der Waals surface area contributed by atoms with Crippen molar-refractivity contribution in [3.05, 3.63) is 64.8 Å². The normalized spacial score (nSPS) is 36.7. The molecule has 0 heterocycles. The molecule has 38 heavy (non-hydrogen) atoms. The molecule has 5 heteroatoms. The van der Waals surface area contributed by atoms with Crippen LogP contribution < -0.4 is 5.73 Å². The standard InChI is InChI=1S/C33H40N2O3/c1-21(36)38-24-15-17-32(2)23(19-24)10-12-26-29-14-13-28(33(29,3)18-16-30(26)32)25(27(20-34)31(35)37)11-9-22-7-5-4-6-8-22/h4-11,24,26,28-30H,12-19H2,1-3H3,(H2,35,37)/b11-9+,27-25+/t24-,26-,28?,29-,30-,32-,33+/m0/s1. The summed E-state index contributed by atoms with van der Waals surface area (Å²) in [6.07, 6.45) is 14.7. The molecular weight excluding hydrogens is 472 g/mol. The molecule has 3 saturated carbocycles. The number of allylic oxidation sites excluding steroid dienone is 3. The Morgan fingerprint density at radius 1 is 1.08 bits per heavy atom. The summed E-state index contributed by atoms with van der Waals surface area (Å²) in [5, 5.41) is 9.95. The Balaban J connectivity index is 1.45. The molecule has 0 saturated heterocycles. The van der Waals surface area contributed by atoms with E-state index in [0.717, 1.165) is 62.5 Å².